The number of ether oxygens (including phenoxy) is 1. The van der Waals surface area contributed by atoms with Gasteiger partial charge in [0.15, 0.2) is 5.78 Å². The number of aliphatic carboxylic acids is 1. The second-order valence-corrected chi connectivity index (χ2v) is 8.07. The Labute approximate surface area is 178 Å². The van der Waals surface area contributed by atoms with Crippen LogP contribution in [0.5, 0.6) is 5.75 Å². The van der Waals surface area contributed by atoms with Crippen LogP contribution in [0.25, 0.3) is 16.6 Å². The molecule has 0 saturated heterocycles. The molecule has 6 nitrogen and oxygen atoms in total. The molecule has 0 spiro atoms. The number of benzene rings is 2. The molecule has 1 N–H and O–H groups in total. The van der Waals surface area contributed by atoms with E-state index in [4.69, 9.17) is 4.74 Å². The van der Waals surface area contributed by atoms with E-state index in [2.05, 4.69) is 8.75 Å². The van der Waals surface area contributed by atoms with Gasteiger partial charge >= 0.3 is 5.97 Å². The van der Waals surface area contributed by atoms with Crippen molar-refractivity contribution >= 4 is 40.1 Å². The largest absolute Gasteiger partial charge is 0.497 e. The van der Waals surface area contributed by atoms with E-state index in [0.29, 0.717) is 45.8 Å². The number of aromatic nitrogens is 2. The molecule has 1 saturated carbocycles. The number of hydrogen-bond donors (Lipinski definition) is 1. The fourth-order valence-corrected chi connectivity index (χ4v) is 4.61. The molecule has 1 aliphatic carbocycles. The summed E-state index contributed by atoms with van der Waals surface area (Å²) in [5.74, 6) is -0.389. The lowest BCUT2D eigenvalue weighted by atomic mass is 9.86. The Balaban J connectivity index is 1.83. The quantitative estimate of drug-likeness (QED) is 0.426. The van der Waals surface area contributed by atoms with E-state index in [1.807, 2.05) is 0 Å². The van der Waals surface area contributed by atoms with Crippen LogP contribution in [0.3, 0.4) is 0 Å². The van der Waals surface area contributed by atoms with Gasteiger partial charge in [-0.3, -0.25) is 4.79 Å². The predicted octanol–water partition coefficient (Wildman–Crippen LogP) is 5.00. The molecule has 0 aliphatic heterocycles. The number of Topliss-reactive ketones (excluding diaryl/α,β-unsaturated/α-hetero) is 1. The predicted molar refractivity (Wildman–Crippen MR) is 116 cm³/mol. The Bertz CT molecular complexity index is 1110. The van der Waals surface area contributed by atoms with Crippen LogP contribution in [0.4, 0.5) is 0 Å². The van der Waals surface area contributed by atoms with Gasteiger partial charge in [0.1, 0.15) is 16.8 Å². The third kappa shape index (κ3) is 4.11. The fourth-order valence-electron chi connectivity index (χ4n) is 4.09. The van der Waals surface area contributed by atoms with Gasteiger partial charge < -0.3 is 9.84 Å². The standard InChI is InChI=1S/C23H22N2O4S/c1-29-17-9-6-15(7-10-17)22(26)18(12-14-4-2-3-5-14)21(23(27)28)16-8-11-19-20(13-16)25-30-24-19/h6-11,13-14H,2-5,12H2,1H3,(H,27,28)/b21-18+. The minimum atomic E-state index is -1.10. The first kappa shape index (κ1) is 20.2. The molecule has 0 amide bonds. The molecule has 0 bridgehead atoms. The lowest BCUT2D eigenvalue weighted by molar-refractivity contribution is -0.130. The highest BCUT2D eigenvalue weighted by atomic mass is 32.1. The second-order valence-electron chi connectivity index (χ2n) is 7.54. The van der Waals surface area contributed by atoms with Gasteiger partial charge in [0.2, 0.25) is 0 Å². The van der Waals surface area contributed by atoms with Crippen molar-refractivity contribution in [2.24, 2.45) is 5.92 Å². The Hall–Kier alpha value is -3.06. The maximum Gasteiger partial charge on any atom is 0.336 e. The number of fused-ring (bicyclic) bond motifs is 1. The van der Waals surface area contributed by atoms with Gasteiger partial charge in [-0.25, -0.2) is 4.79 Å². The van der Waals surface area contributed by atoms with Crippen molar-refractivity contribution in [3.05, 3.63) is 59.2 Å². The summed E-state index contributed by atoms with van der Waals surface area (Å²) in [7, 11) is 1.56. The molecule has 1 heterocycles. The molecule has 0 radical (unpaired) electrons. The maximum absolute atomic E-state index is 13.5. The van der Waals surface area contributed by atoms with Gasteiger partial charge in [0, 0.05) is 11.1 Å². The monoisotopic (exact) mass is 422 g/mol. The summed E-state index contributed by atoms with van der Waals surface area (Å²) < 4.78 is 13.6. The number of ketones is 1. The van der Waals surface area contributed by atoms with Gasteiger partial charge in [-0.15, -0.1) is 0 Å². The molecule has 0 atom stereocenters. The van der Waals surface area contributed by atoms with Gasteiger partial charge in [-0.1, -0.05) is 31.7 Å². The summed E-state index contributed by atoms with van der Waals surface area (Å²) in [6, 6.07) is 12.0. The lowest BCUT2D eigenvalue weighted by Crippen LogP contribution is -2.14. The fraction of sp³-hybridized carbons (Fsp3) is 0.304. The first-order valence-electron chi connectivity index (χ1n) is 9.94. The van der Waals surface area contributed by atoms with E-state index in [1.54, 1.807) is 49.6 Å². The molecule has 7 heteroatoms. The van der Waals surface area contributed by atoms with E-state index in [-0.39, 0.29) is 11.4 Å². The first-order valence-corrected chi connectivity index (χ1v) is 10.7. The SMILES string of the molecule is COc1ccc(C(=O)/C(CC2CCCC2)=C(/C(=O)O)c2ccc3nsnc3c2)cc1. The maximum atomic E-state index is 13.5. The Morgan fingerprint density at radius 3 is 2.37 bits per heavy atom. The highest BCUT2D eigenvalue weighted by molar-refractivity contribution is 7.00. The number of methoxy groups -OCH3 is 1. The molecule has 3 aromatic rings. The van der Waals surface area contributed by atoms with Crippen molar-refractivity contribution in [2.75, 3.05) is 7.11 Å². The average molecular weight is 423 g/mol. The number of nitrogens with zero attached hydrogens (tertiary/aromatic N) is 2. The number of carbonyl (C=O) groups excluding carboxylic acids is 1. The minimum absolute atomic E-state index is 0.0534. The van der Waals surface area contributed by atoms with E-state index >= 15 is 0 Å². The van der Waals surface area contributed by atoms with Crippen molar-refractivity contribution < 1.29 is 19.4 Å². The zero-order valence-electron chi connectivity index (χ0n) is 16.6. The Kier molecular flexibility index (Phi) is 5.90. The highest BCUT2D eigenvalue weighted by Crippen LogP contribution is 2.35. The van der Waals surface area contributed by atoms with Crippen LogP contribution in [-0.2, 0) is 4.79 Å². The van der Waals surface area contributed by atoms with Crippen LogP contribution in [0.2, 0.25) is 0 Å². The van der Waals surface area contributed by atoms with E-state index in [9.17, 15) is 14.7 Å². The smallest absolute Gasteiger partial charge is 0.336 e. The number of hydrogen-bond acceptors (Lipinski definition) is 6. The number of carboxylic acid groups (broad SMARTS) is 1. The van der Waals surface area contributed by atoms with Gasteiger partial charge in [0.25, 0.3) is 0 Å². The normalized spacial score (nSPS) is 15.2. The number of carbonyl (C=O) groups is 2. The van der Waals surface area contributed by atoms with Crippen molar-refractivity contribution in [2.45, 2.75) is 32.1 Å². The van der Waals surface area contributed by atoms with Crippen LogP contribution >= 0.6 is 11.7 Å². The molecule has 1 aromatic heterocycles. The summed E-state index contributed by atoms with van der Waals surface area (Å²) >= 11 is 1.08. The Morgan fingerprint density at radius 2 is 1.70 bits per heavy atom. The van der Waals surface area contributed by atoms with Crippen molar-refractivity contribution in [1.82, 2.24) is 8.75 Å². The van der Waals surface area contributed by atoms with E-state index in [0.717, 1.165) is 37.4 Å². The van der Waals surface area contributed by atoms with Gasteiger partial charge in [-0.05, 0) is 54.3 Å². The average Bonchev–Trinajstić information content (AvgIpc) is 3.44. The van der Waals surface area contributed by atoms with Crippen LogP contribution in [-0.4, -0.2) is 32.7 Å². The first-order chi connectivity index (χ1) is 14.6. The van der Waals surface area contributed by atoms with Gasteiger partial charge in [-0.2, -0.15) is 8.75 Å². The lowest BCUT2D eigenvalue weighted by Gasteiger charge is -2.16. The number of rotatable bonds is 7. The highest BCUT2D eigenvalue weighted by Gasteiger charge is 2.27. The summed E-state index contributed by atoms with van der Waals surface area (Å²) in [5.41, 5.74) is 2.69. The van der Waals surface area contributed by atoms with E-state index < -0.39 is 5.97 Å². The third-order valence-corrected chi connectivity index (χ3v) is 6.21. The molecular weight excluding hydrogens is 400 g/mol. The summed E-state index contributed by atoms with van der Waals surface area (Å²) in [6.07, 6.45) is 4.73. The topological polar surface area (TPSA) is 89.4 Å². The Morgan fingerprint density at radius 1 is 1.03 bits per heavy atom. The molecule has 30 heavy (non-hydrogen) atoms. The summed E-state index contributed by atoms with van der Waals surface area (Å²) in [5, 5.41) is 10.1. The molecule has 1 fully saturated rings. The van der Waals surface area contributed by atoms with Crippen molar-refractivity contribution in [3.63, 3.8) is 0 Å². The van der Waals surface area contributed by atoms with Crippen molar-refractivity contribution in [3.8, 4) is 5.75 Å². The third-order valence-electron chi connectivity index (χ3n) is 5.65. The van der Waals surface area contributed by atoms with Crippen LogP contribution in [0, 0.1) is 5.92 Å². The second kappa shape index (κ2) is 8.75. The summed E-state index contributed by atoms with van der Waals surface area (Å²) in [4.78, 5) is 25.8. The molecule has 0 unspecified atom stereocenters. The molecular formula is C23H22N2O4S. The number of allylic oxidation sites excluding steroid dienone is 1. The zero-order chi connectivity index (χ0) is 21.1. The summed E-state index contributed by atoms with van der Waals surface area (Å²) in [6.45, 7) is 0. The van der Waals surface area contributed by atoms with E-state index in [1.165, 1.54) is 0 Å². The zero-order valence-corrected chi connectivity index (χ0v) is 17.4. The number of carboxylic acids is 1. The van der Waals surface area contributed by atoms with Crippen LogP contribution < -0.4 is 4.74 Å². The van der Waals surface area contributed by atoms with Crippen LogP contribution in [0.15, 0.2) is 48.0 Å². The molecule has 1 aliphatic rings. The van der Waals surface area contributed by atoms with Crippen molar-refractivity contribution in [1.29, 1.82) is 0 Å². The van der Waals surface area contributed by atoms with Gasteiger partial charge in [0.05, 0.1) is 24.4 Å². The minimum Gasteiger partial charge on any atom is -0.497 e. The van der Waals surface area contributed by atoms with Crippen LogP contribution in [0.1, 0.15) is 48.0 Å². The molecule has 2 aromatic carbocycles. The molecule has 154 valence electrons. The molecule has 4 rings (SSSR count).